The summed E-state index contributed by atoms with van der Waals surface area (Å²) in [5.74, 6) is -0.398. The molecule has 1 aliphatic heterocycles. The Morgan fingerprint density at radius 2 is 1.87 bits per heavy atom. The fraction of sp³-hybridized carbons (Fsp3) is 0.125. The number of pyridine rings is 2. The number of hydrogen-bond acceptors (Lipinski definition) is 6. The Bertz CT molecular complexity index is 1300. The van der Waals surface area contributed by atoms with E-state index in [0.717, 1.165) is 29.7 Å². The lowest BCUT2D eigenvalue weighted by Crippen LogP contribution is -2.20. The first-order valence-corrected chi connectivity index (χ1v) is 9.93. The van der Waals surface area contributed by atoms with Crippen LogP contribution in [0.3, 0.4) is 0 Å². The van der Waals surface area contributed by atoms with Gasteiger partial charge >= 0.3 is 0 Å². The van der Waals surface area contributed by atoms with E-state index in [1.807, 2.05) is 24.3 Å². The predicted octanol–water partition coefficient (Wildman–Crippen LogP) is 4.06. The molecule has 3 N–H and O–H groups in total. The molecule has 0 radical (unpaired) electrons. The summed E-state index contributed by atoms with van der Waals surface area (Å²) in [6, 6.07) is 16.1. The van der Waals surface area contributed by atoms with E-state index in [9.17, 15) is 10.0 Å². The van der Waals surface area contributed by atoms with Crippen LogP contribution in [0.25, 0.3) is 33.3 Å². The lowest BCUT2D eigenvalue weighted by atomic mass is 9.98. The molecule has 0 spiro atoms. The van der Waals surface area contributed by atoms with E-state index >= 15 is 0 Å². The number of nitrogens with zero attached hydrogens (tertiary/aromatic N) is 2. The fourth-order valence-corrected chi connectivity index (χ4v) is 4.07. The zero-order valence-electron chi connectivity index (χ0n) is 16.8. The van der Waals surface area contributed by atoms with Crippen LogP contribution < -0.4 is 15.5 Å². The van der Waals surface area contributed by atoms with E-state index in [1.165, 1.54) is 24.6 Å². The standard InChI is InChI=1S/C24H20N4O3/c1-31-23-21(24(29)28-30)18-13-25-10-9-20(18)27-22(23)15-4-2-14(3-5-15)16-6-7-19-17(12-16)8-11-26-19/h2-7,9-10,12-13,26,30H,8,11H2,1H3,(H,28,29). The first-order chi connectivity index (χ1) is 15.2. The van der Waals surface area contributed by atoms with Gasteiger partial charge < -0.3 is 10.1 Å². The van der Waals surface area contributed by atoms with Crippen LogP contribution >= 0.6 is 0 Å². The van der Waals surface area contributed by atoms with Crippen molar-refractivity contribution in [3.05, 3.63) is 72.1 Å². The van der Waals surface area contributed by atoms with E-state index in [-0.39, 0.29) is 11.3 Å². The van der Waals surface area contributed by atoms with E-state index in [2.05, 4.69) is 28.5 Å². The number of anilines is 1. The van der Waals surface area contributed by atoms with Crippen LogP contribution in [0.1, 0.15) is 15.9 Å². The van der Waals surface area contributed by atoms with E-state index in [1.54, 1.807) is 17.7 Å². The van der Waals surface area contributed by atoms with Gasteiger partial charge in [-0.25, -0.2) is 10.5 Å². The number of benzene rings is 2. The van der Waals surface area contributed by atoms with E-state index < -0.39 is 5.91 Å². The maximum absolute atomic E-state index is 12.4. The number of ether oxygens (including phenoxy) is 1. The van der Waals surface area contributed by atoms with Crippen molar-refractivity contribution in [1.29, 1.82) is 0 Å². The van der Waals surface area contributed by atoms with Gasteiger partial charge in [-0.2, -0.15) is 0 Å². The van der Waals surface area contributed by atoms with Crippen LogP contribution in [-0.2, 0) is 6.42 Å². The second-order valence-electron chi connectivity index (χ2n) is 7.33. The number of hydrogen-bond donors (Lipinski definition) is 3. The van der Waals surface area contributed by atoms with Crippen molar-refractivity contribution in [3.8, 4) is 28.1 Å². The summed E-state index contributed by atoms with van der Waals surface area (Å²) in [4.78, 5) is 21.2. The Hall–Kier alpha value is -3.97. The number of methoxy groups -OCH3 is 1. The summed E-state index contributed by atoms with van der Waals surface area (Å²) in [6.07, 6.45) is 4.17. The third-order valence-corrected chi connectivity index (χ3v) is 5.58. The SMILES string of the molecule is COc1c(-c2ccc(-c3ccc4c(c3)CCN4)cc2)nc2ccncc2c1C(=O)NO. The van der Waals surface area contributed by atoms with Gasteiger partial charge in [0.1, 0.15) is 5.69 Å². The smallest absolute Gasteiger partial charge is 0.279 e. The maximum Gasteiger partial charge on any atom is 0.279 e. The Morgan fingerprint density at radius 3 is 2.65 bits per heavy atom. The summed E-state index contributed by atoms with van der Waals surface area (Å²) in [7, 11) is 1.48. The van der Waals surface area contributed by atoms with Crippen molar-refractivity contribution in [2.45, 2.75) is 6.42 Å². The Balaban J connectivity index is 1.61. The van der Waals surface area contributed by atoms with Crippen LogP contribution in [0.2, 0.25) is 0 Å². The summed E-state index contributed by atoms with van der Waals surface area (Å²) in [5, 5.41) is 13.1. The number of rotatable bonds is 4. The highest BCUT2D eigenvalue weighted by molar-refractivity contribution is 6.09. The molecule has 7 nitrogen and oxygen atoms in total. The van der Waals surface area contributed by atoms with E-state index in [0.29, 0.717) is 16.6 Å². The first-order valence-electron chi connectivity index (χ1n) is 9.93. The molecule has 0 bridgehead atoms. The second-order valence-corrected chi connectivity index (χ2v) is 7.33. The molecule has 154 valence electrons. The minimum absolute atomic E-state index is 0.188. The number of hydroxylamine groups is 1. The first kappa shape index (κ1) is 19.0. The molecule has 3 heterocycles. The number of nitrogens with one attached hydrogen (secondary N) is 2. The third-order valence-electron chi connectivity index (χ3n) is 5.58. The number of carbonyl (C=O) groups is 1. The van der Waals surface area contributed by atoms with E-state index in [4.69, 9.17) is 9.72 Å². The van der Waals surface area contributed by atoms with Gasteiger partial charge in [-0.05, 0) is 41.3 Å². The van der Waals surface area contributed by atoms with Gasteiger partial charge in [0, 0.05) is 35.6 Å². The monoisotopic (exact) mass is 412 g/mol. The Morgan fingerprint density at radius 1 is 1.10 bits per heavy atom. The van der Waals surface area contributed by atoms with Gasteiger partial charge in [0.25, 0.3) is 5.91 Å². The van der Waals surface area contributed by atoms with Crippen LogP contribution in [0.5, 0.6) is 5.75 Å². The van der Waals surface area contributed by atoms with Gasteiger partial charge in [-0.3, -0.25) is 15.0 Å². The highest BCUT2D eigenvalue weighted by atomic mass is 16.5. The molecule has 0 atom stereocenters. The zero-order valence-corrected chi connectivity index (χ0v) is 16.8. The molecule has 2 aromatic heterocycles. The maximum atomic E-state index is 12.4. The van der Waals surface area contributed by atoms with Gasteiger partial charge in [-0.15, -0.1) is 0 Å². The fourth-order valence-electron chi connectivity index (χ4n) is 4.07. The van der Waals surface area contributed by atoms with Crippen LogP contribution in [0.15, 0.2) is 60.9 Å². The van der Waals surface area contributed by atoms with Crippen molar-refractivity contribution in [2.24, 2.45) is 0 Å². The lowest BCUT2D eigenvalue weighted by Gasteiger charge is -2.15. The summed E-state index contributed by atoms with van der Waals surface area (Å²) in [5.41, 5.74) is 8.56. The second kappa shape index (κ2) is 7.70. The average Bonchev–Trinajstić information content (AvgIpc) is 3.30. The van der Waals surface area contributed by atoms with Crippen molar-refractivity contribution < 1.29 is 14.7 Å². The molecule has 1 amide bonds. The van der Waals surface area contributed by atoms with Gasteiger partial charge in [0.05, 0.1) is 18.2 Å². The number of amides is 1. The minimum atomic E-state index is -0.679. The average molecular weight is 412 g/mol. The minimum Gasteiger partial charge on any atom is -0.494 e. The molecule has 4 aromatic rings. The van der Waals surface area contributed by atoms with Gasteiger partial charge in [-0.1, -0.05) is 30.3 Å². The molecule has 2 aromatic carbocycles. The van der Waals surface area contributed by atoms with Gasteiger partial charge in [0.15, 0.2) is 5.75 Å². The molecule has 31 heavy (non-hydrogen) atoms. The molecular formula is C24H20N4O3. The molecule has 1 aliphatic rings. The van der Waals surface area contributed by atoms with Crippen LogP contribution in [-0.4, -0.2) is 34.7 Å². The third kappa shape index (κ3) is 3.25. The molecule has 0 saturated heterocycles. The molecule has 0 fully saturated rings. The highest BCUT2D eigenvalue weighted by Gasteiger charge is 2.22. The quantitative estimate of drug-likeness (QED) is 0.346. The Labute approximate surface area is 178 Å². The Kier molecular flexibility index (Phi) is 4.72. The highest BCUT2D eigenvalue weighted by Crippen LogP contribution is 2.37. The van der Waals surface area contributed by atoms with Gasteiger partial charge in [0.2, 0.25) is 0 Å². The summed E-state index contributed by atoms with van der Waals surface area (Å²) >= 11 is 0. The number of aromatic nitrogens is 2. The van der Waals surface area contributed by atoms with Crippen molar-refractivity contribution in [3.63, 3.8) is 0 Å². The van der Waals surface area contributed by atoms with Crippen LogP contribution in [0.4, 0.5) is 5.69 Å². The van der Waals surface area contributed by atoms with Crippen molar-refractivity contribution in [2.75, 3.05) is 19.0 Å². The van der Waals surface area contributed by atoms with Crippen molar-refractivity contribution in [1.82, 2.24) is 15.4 Å². The molecular weight excluding hydrogens is 392 g/mol. The normalized spacial score (nSPS) is 12.3. The topological polar surface area (TPSA) is 96.4 Å². The summed E-state index contributed by atoms with van der Waals surface area (Å²) in [6.45, 7) is 0.977. The molecule has 7 heteroatoms. The number of carbonyl (C=O) groups excluding carboxylic acids is 1. The predicted molar refractivity (Wildman–Crippen MR) is 118 cm³/mol. The molecule has 5 rings (SSSR count). The zero-order chi connectivity index (χ0) is 21.4. The summed E-state index contributed by atoms with van der Waals surface area (Å²) < 4.78 is 5.56. The molecule has 0 unspecified atom stereocenters. The van der Waals surface area contributed by atoms with Crippen molar-refractivity contribution >= 4 is 22.5 Å². The largest absolute Gasteiger partial charge is 0.494 e. The molecule has 0 saturated carbocycles. The lowest BCUT2D eigenvalue weighted by molar-refractivity contribution is 0.0705. The van der Waals surface area contributed by atoms with Crippen LogP contribution in [0, 0.1) is 0 Å². The number of fused-ring (bicyclic) bond motifs is 2. The molecule has 0 aliphatic carbocycles.